The minimum absolute atomic E-state index is 0.338. The molecule has 0 spiro atoms. The molecule has 0 radical (unpaired) electrons. The lowest BCUT2D eigenvalue weighted by Crippen LogP contribution is -2.17. The average Bonchev–Trinajstić information content (AvgIpc) is 2.80. The number of thioether (sulfide) groups is 1. The highest BCUT2D eigenvalue weighted by Crippen LogP contribution is 2.39. The maximum atomic E-state index is 4.35. The first-order valence-corrected chi connectivity index (χ1v) is 7.86. The normalized spacial score (nSPS) is 23.2. The van der Waals surface area contributed by atoms with Crippen molar-refractivity contribution in [1.29, 1.82) is 0 Å². The molecule has 0 aromatic carbocycles. The van der Waals surface area contributed by atoms with Gasteiger partial charge in [-0.25, -0.2) is 0 Å². The average molecular weight is 257 g/mol. The zero-order chi connectivity index (χ0) is 11.4. The molecule has 1 saturated heterocycles. The molecule has 1 aliphatic rings. The summed E-state index contributed by atoms with van der Waals surface area (Å²) in [5.41, 5.74) is 0. The molecule has 16 heavy (non-hydrogen) atoms. The summed E-state index contributed by atoms with van der Waals surface area (Å²) in [4.78, 5) is 0. The van der Waals surface area contributed by atoms with Crippen LogP contribution in [-0.4, -0.2) is 22.5 Å². The van der Waals surface area contributed by atoms with Crippen LogP contribution in [0.25, 0.3) is 0 Å². The Hall–Kier alpha value is -0.130. The van der Waals surface area contributed by atoms with Crippen molar-refractivity contribution in [2.24, 2.45) is 0 Å². The fraction of sp³-hybridized carbons (Fsp3) is 0.818. The second-order valence-electron chi connectivity index (χ2n) is 4.11. The second kappa shape index (κ2) is 5.98. The summed E-state index contributed by atoms with van der Waals surface area (Å²) in [5, 5.41) is 15.0. The van der Waals surface area contributed by atoms with Crippen LogP contribution in [0.1, 0.15) is 54.4 Å². The minimum atomic E-state index is 0.338. The van der Waals surface area contributed by atoms with Crippen LogP contribution in [0.5, 0.6) is 0 Å². The zero-order valence-electron chi connectivity index (χ0n) is 9.90. The number of nitrogens with one attached hydrogen (secondary N) is 1. The molecule has 2 rings (SSSR count). The predicted molar refractivity (Wildman–Crippen MR) is 71.1 cm³/mol. The first-order valence-electron chi connectivity index (χ1n) is 5.99. The Labute approximate surface area is 105 Å². The van der Waals surface area contributed by atoms with Crippen LogP contribution in [0.4, 0.5) is 0 Å². The fourth-order valence-electron chi connectivity index (χ4n) is 1.88. The molecule has 0 aliphatic carbocycles. The van der Waals surface area contributed by atoms with Crippen LogP contribution in [0.2, 0.25) is 0 Å². The summed E-state index contributed by atoms with van der Waals surface area (Å²) in [6, 6.07) is 0.338. The number of hydrogen-bond donors (Lipinski definition) is 1. The first-order chi connectivity index (χ1) is 7.81. The van der Waals surface area contributed by atoms with Crippen LogP contribution >= 0.6 is 23.1 Å². The number of rotatable bonds is 4. The van der Waals surface area contributed by atoms with E-state index in [4.69, 9.17) is 0 Å². The fourth-order valence-corrected chi connectivity index (χ4v) is 4.29. The van der Waals surface area contributed by atoms with Gasteiger partial charge in [0.05, 0.1) is 11.3 Å². The van der Waals surface area contributed by atoms with Gasteiger partial charge in [-0.2, -0.15) is 11.8 Å². The molecule has 2 heterocycles. The van der Waals surface area contributed by atoms with E-state index in [2.05, 4.69) is 29.4 Å². The molecule has 1 N–H and O–H groups in total. The van der Waals surface area contributed by atoms with Crippen molar-refractivity contribution in [3.05, 3.63) is 10.0 Å². The maximum absolute atomic E-state index is 4.35. The lowest BCUT2D eigenvalue weighted by atomic mass is 10.2. The molecule has 1 aromatic rings. The summed E-state index contributed by atoms with van der Waals surface area (Å²) in [6.07, 6.45) is 3.98. The van der Waals surface area contributed by atoms with E-state index in [1.807, 2.05) is 11.8 Å². The zero-order valence-corrected chi connectivity index (χ0v) is 11.5. The van der Waals surface area contributed by atoms with Gasteiger partial charge in [-0.3, -0.25) is 0 Å². The Bertz CT molecular complexity index is 321. The molecule has 0 saturated carbocycles. The summed E-state index contributed by atoms with van der Waals surface area (Å²) >= 11 is 3.82. The highest BCUT2D eigenvalue weighted by Gasteiger charge is 2.21. The topological polar surface area (TPSA) is 37.8 Å². The van der Waals surface area contributed by atoms with Crippen molar-refractivity contribution in [2.45, 2.75) is 44.4 Å². The molecule has 0 amide bonds. The highest BCUT2D eigenvalue weighted by molar-refractivity contribution is 7.99. The Kier molecular flexibility index (Phi) is 4.61. The summed E-state index contributed by atoms with van der Waals surface area (Å²) in [5.74, 6) is 1.28. The van der Waals surface area contributed by atoms with Gasteiger partial charge in [-0.15, -0.1) is 10.2 Å². The second-order valence-corrected chi connectivity index (χ2v) is 6.46. The number of hydrogen-bond acceptors (Lipinski definition) is 5. The van der Waals surface area contributed by atoms with Gasteiger partial charge in [-0.1, -0.05) is 24.7 Å². The quantitative estimate of drug-likeness (QED) is 0.899. The lowest BCUT2D eigenvalue weighted by molar-refractivity contribution is 0.589. The van der Waals surface area contributed by atoms with E-state index in [0.717, 1.165) is 11.6 Å². The van der Waals surface area contributed by atoms with Crippen LogP contribution in [0.3, 0.4) is 0 Å². The summed E-state index contributed by atoms with van der Waals surface area (Å²) in [7, 11) is 0. The molecule has 1 fully saturated rings. The third kappa shape index (κ3) is 2.96. The molecule has 0 bridgehead atoms. The summed E-state index contributed by atoms with van der Waals surface area (Å²) < 4.78 is 0. The van der Waals surface area contributed by atoms with Crippen LogP contribution in [0.15, 0.2) is 0 Å². The molecule has 2 unspecified atom stereocenters. The van der Waals surface area contributed by atoms with Crippen molar-refractivity contribution in [3.63, 3.8) is 0 Å². The van der Waals surface area contributed by atoms with E-state index in [0.29, 0.717) is 11.3 Å². The van der Waals surface area contributed by atoms with E-state index in [9.17, 15) is 0 Å². The van der Waals surface area contributed by atoms with Crippen LogP contribution in [-0.2, 0) is 0 Å². The van der Waals surface area contributed by atoms with Gasteiger partial charge in [0.1, 0.15) is 10.0 Å². The molecule has 1 aliphatic heterocycles. The van der Waals surface area contributed by atoms with E-state index < -0.39 is 0 Å². The van der Waals surface area contributed by atoms with E-state index in [1.54, 1.807) is 11.3 Å². The van der Waals surface area contributed by atoms with Crippen molar-refractivity contribution >= 4 is 23.1 Å². The molecule has 1 aromatic heterocycles. The Morgan fingerprint density at radius 1 is 1.44 bits per heavy atom. The van der Waals surface area contributed by atoms with Crippen LogP contribution in [0, 0.1) is 0 Å². The van der Waals surface area contributed by atoms with Gasteiger partial charge in [0, 0.05) is 0 Å². The Morgan fingerprint density at radius 2 is 2.31 bits per heavy atom. The number of aromatic nitrogens is 2. The minimum Gasteiger partial charge on any atom is -0.308 e. The highest BCUT2D eigenvalue weighted by atomic mass is 32.2. The van der Waals surface area contributed by atoms with E-state index in [-0.39, 0.29) is 0 Å². The van der Waals surface area contributed by atoms with Gasteiger partial charge >= 0.3 is 0 Å². The molecule has 3 nitrogen and oxygen atoms in total. The third-order valence-electron chi connectivity index (χ3n) is 2.79. The van der Waals surface area contributed by atoms with Gasteiger partial charge < -0.3 is 5.32 Å². The smallest absolute Gasteiger partial charge is 0.134 e. The maximum Gasteiger partial charge on any atom is 0.134 e. The van der Waals surface area contributed by atoms with E-state index >= 15 is 0 Å². The van der Waals surface area contributed by atoms with Crippen LogP contribution < -0.4 is 5.32 Å². The molecular formula is C11H19N3S2. The lowest BCUT2D eigenvalue weighted by Gasteiger charge is -2.18. The molecule has 2 atom stereocenters. The van der Waals surface area contributed by atoms with E-state index in [1.165, 1.54) is 30.0 Å². The van der Waals surface area contributed by atoms with Gasteiger partial charge in [0.15, 0.2) is 0 Å². The third-order valence-corrected chi connectivity index (χ3v) is 5.55. The Morgan fingerprint density at radius 3 is 3.00 bits per heavy atom. The van der Waals surface area contributed by atoms with Crippen molar-refractivity contribution in [3.8, 4) is 0 Å². The van der Waals surface area contributed by atoms with Gasteiger partial charge in [0.25, 0.3) is 0 Å². The van der Waals surface area contributed by atoms with Crippen molar-refractivity contribution in [1.82, 2.24) is 15.5 Å². The van der Waals surface area contributed by atoms with Gasteiger partial charge in [0.2, 0.25) is 0 Å². The monoisotopic (exact) mass is 257 g/mol. The standard InChI is InChI=1S/C11H19N3S2/c1-3-12-8(2)10-13-14-11(16-10)9-6-4-5-7-15-9/h8-9,12H,3-7H2,1-2H3. The van der Waals surface area contributed by atoms with Crippen molar-refractivity contribution < 1.29 is 0 Å². The molecular weight excluding hydrogens is 238 g/mol. The first kappa shape index (κ1) is 12.3. The predicted octanol–water partition coefficient (Wildman–Crippen LogP) is 3.17. The largest absolute Gasteiger partial charge is 0.308 e. The molecule has 90 valence electrons. The SMILES string of the molecule is CCNC(C)c1nnc(C2CCCCS2)s1. The Balaban J connectivity index is 2.00. The molecule has 5 heteroatoms. The summed E-state index contributed by atoms with van der Waals surface area (Å²) in [6.45, 7) is 5.26. The van der Waals surface area contributed by atoms with Gasteiger partial charge in [-0.05, 0) is 32.1 Å². The number of nitrogens with zero attached hydrogens (tertiary/aromatic N) is 2. The van der Waals surface area contributed by atoms with Crippen molar-refractivity contribution in [2.75, 3.05) is 12.3 Å².